The van der Waals surface area contributed by atoms with Gasteiger partial charge < -0.3 is 14.1 Å². The summed E-state index contributed by atoms with van der Waals surface area (Å²) in [5.74, 6) is -0.488. The maximum Gasteiger partial charge on any atom is 0.261 e. The van der Waals surface area contributed by atoms with Crippen molar-refractivity contribution in [2.45, 2.75) is 4.90 Å². The minimum atomic E-state index is -3.82. The normalized spacial score (nSPS) is 15.3. The highest BCUT2D eigenvalue weighted by molar-refractivity contribution is 7.92. The Hall–Kier alpha value is -2.58. The first kappa shape index (κ1) is 16.9. The van der Waals surface area contributed by atoms with Gasteiger partial charge in [0.2, 0.25) is 0 Å². The third-order valence-corrected chi connectivity index (χ3v) is 5.66. The minimum Gasteiger partial charge on any atom is -0.462 e. The molecule has 1 aliphatic rings. The molecule has 0 atom stereocenters. The van der Waals surface area contributed by atoms with Crippen LogP contribution in [0.5, 0.6) is 0 Å². The number of furan rings is 1. The number of hydrogen-bond acceptors (Lipinski definition) is 5. The van der Waals surface area contributed by atoms with Gasteiger partial charge in [-0.25, -0.2) is 12.8 Å². The molecule has 2 aromatic carbocycles. The molecule has 1 N–H and O–H groups in total. The maximum absolute atomic E-state index is 13.1. The van der Waals surface area contributed by atoms with Crippen LogP contribution >= 0.6 is 0 Å². The number of sulfonamides is 1. The van der Waals surface area contributed by atoms with E-state index >= 15 is 0 Å². The summed E-state index contributed by atoms with van der Waals surface area (Å²) in [7, 11) is -3.82. The lowest BCUT2D eigenvalue weighted by atomic mass is 10.2. The first-order valence-electron chi connectivity index (χ1n) is 8.15. The van der Waals surface area contributed by atoms with Gasteiger partial charge in [-0.1, -0.05) is 0 Å². The second-order valence-electron chi connectivity index (χ2n) is 5.99. The number of nitrogens with zero attached hydrogens (tertiary/aromatic N) is 1. The monoisotopic (exact) mass is 376 g/mol. The van der Waals surface area contributed by atoms with E-state index in [1.165, 1.54) is 12.1 Å². The Labute approximate surface area is 150 Å². The second kappa shape index (κ2) is 6.62. The molecule has 8 heteroatoms. The number of anilines is 2. The molecule has 0 aliphatic carbocycles. The van der Waals surface area contributed by atoms with Crippen LogP contribution in [0.1, 0.15) is 0 Å². The largest absolute Gasteiger partial charge is 0.462 e. The van der Waals surface area contributed by atoms with E-state index in [1.54, 1.807) is 24.5 Å². The fraction of sp³-hybridized carbons (Fsp3) is 0.222. The molecule has 6 nitrogen and oxygen atoms in total. The molecule has 0 saturated carbocycles. The van der Waals surface area contributed by atoms with E-state index in [9.17, 15) is 12.8 Å². The maximum atomic E-state index is 13.1. The summed E-state index contributed by atoms with van der Waals surface area (Å²) in [5.41, 5.74) is 1.94. The van der Waals surface area contributed by atoms with Gasteiger partial charge in [0.05, 0.1) is 35.7 Å². The molecule has 1 aromatic heterocycles. The Morgan fingerprint density at radius 1 is 1.04 bits per heavy atom. The summed E-state index contributed by atoms with van der Waals surface area (Å²) >= 11 is 0. The van der Waals surface area contributed by atoms with E-state index in [0.29, 0.717) is 37.6 Å². The van der Waals surface area contributed by atoms with Crippen LogP contribution in [-0.2, 0) is 14.8 Å². The van der Waals surface area contributed by atoms with E-state index in [4.69, 9.17) is 9.15 Å². The highest BCUT2D eigenvalue weighted by Gasteiger charge is 2.20. The van der Waals surface area contributed by atoms with Crippen molar-refractivity contribution in [1.29, 1.82) is 0 Å². The Bertz CT molecular complexity index is 1030. The topological polar surface area (TPSA) is 71.8 Å². The van der Waals surface area contributed by atoms with Crippen LogP contribution in [0.2, 0.25) is 0 Å². The fourth-order valence-corrected chi connectivity index (χ4v) is 4.03. The predicted octanol–water partition coefficient (Wildman–Crippen LogP) is 3.21. The van der Waals surface area contributed by atoms with Crippen LogP contribution in [0.25, 0.3) is 11.0 Å². The van der Waals surface area contributed by atoms with Crippen molar-refractivity contribution in [3.63, 3.8) is 0 Å². The Kier molecular flexibility index (Phi) is 4.29. The van der Waals surface area contributed by atoms with Gasteiger partial charge in [-0.3, -0.25) is 4.72 Å². The van der Waals surface area contributed by atoms with Gasteiger partial charge in [0, 0.05) is 18.5 Å². The standard InChI is InChI=1S/C18H17FN2O4S/c19-14-1-3-16(4-2-14)26(22,23)20-15-11-13-5-8-25-18(13)17(12-15)21-6-9-24-10-7-21/h1-5,8,11-12,20H,6-7,9-10H2. The van der Waals surface area contributed by atoms with E-state index in [0.717, 1.165) is 23.2 Å². The Morgan fingerprint density at radius 3 is 2.50 bits per heavy atom. The quantitative estimate of drug-likeness (QED) is 0.757. The third kappa shape index (κ3) is 3.25. The van der Waals surface area contributed by atoms with E-state index in [1.807, 2.05) is 0 Å². The van der Waals surface area contributed by atoms with Crippen LogP contribution in [0.15, 0.2) is 58.0 Å². The molecule has 1 fully saturated rings. The summed E-state index contributed by atoms with van der Waals surface area (Å²) in [6, 6.07) is 9.95. The van der Waals surface area contributed by atoms with Gasteiger partial charge in [-0.2, -0.15) is 0 Å². The molecule has 0 radical (unpaired) electrons. The van der Waals surface area contributed by atoms with Crippen LogP contribution in [0, 0.1) is 5.82 Å². The number of halogens is 1. The zero-order chi connectivity index (χ0) is 18.1. The first-order valence-corrected chi connectivity index (χ1v) is 9.64. The number of morpholine rings is 1. The van der Waals surface area contributed by atoms with Crippen molar-refractivity contribution in [3.05, 3.63) is 54.5 Å². The number of ether oxygens (including phenoxy) is 1. The van der Waals surface area contributed by atoms with E-state index in [2.05, 4.69) is 9.62 Å². The molecule has 4 rings (SSSR count). The molecule has 0 unspecified atom stereocenters. The van der Waals surface area contributed by atoms with E-state index < -0.39 is 15.8 Å². The zero-order valence-electron chi connectivity index (χ0n) is 13.8. The molecule has 1 aliphatic heterocycles. The van der Waals surface area contributed by atoms with Crippen molar-refractivity contribution in [1.82, 2.24) is 0 Å². The third-order valence-electron chi connectivity index (χ3n) is 4.26. The molecule has 0 spiro atoms. The van der Waals surface area contributed by atoms with Crippen LogP contribution < -0.4 is 9.62 Å². The highest BCUT2D eigenvalue weighted by atomic mass is 32.2. The second-order valence-corrected chi connectivity index (χ2v) is 7.68. The highest BCUT2D eigenvalue weighted by Crippen LogP contribution is 2.33. The molecule has 0 amide bonds. The number of hydrogen-bond donors (Lipinski definition) is 1. The average molecular weight is 376 g/mol. The zero-order valence-corrected chi connectivity index (χ0v) is 14.6. The van der Waals surface area contributed by atoms with Crippen LogP contribution in [0.3, 0.4) is 0 Å². The summed E-state index contributed by atoms with van der Waals surface area (Å²) in [6.45, 7) is 2.61. The number of fused-ring (bicyclic) bond motifs is 1. The lowest BCUT2D eigenvalue weighted by Gasteiger charge is -2.29. The van der Waals surface area contributed by atoms with Crippen molar-refractivity contribution < 1.29 is 22.0 Å². The summed E-state index contributed by atoms with van der Waals surface area (Å²) in [4.78, 5) is 2.10. The van der Waals surface area contributed by atoms with Gasteiger partial charge in [-0.05, 0) is 42.5 Å². The Morgan fingerprint density at radius 2 is 1.77 bits per heavy atom. The fourth-order valence-electron chi connectivity index (χ4n) is 2.99. The Balaban J connectivity index is 1.71. The lowest BCUT2D eigenvalue weighted by molar-refractivity contribution is 0.123. The minimum absolute atomic E-state index is 0.000821. The van der Waals surface area contributed by atoms with Gasteiger partial charge >= 0.3 is 0 Å². The number of nitrogens with one attached hydrogen (secondary N) is 1. The molecular formula is C18H17FN2O4S. The summed E-state index contributed by atoms with van der Waals surface area (Å²) in [5, 5.41) is 0.797. The van der Waals surface area contributed by atoms with Crippen molar-refractivity contribution in [3.8, 4) is 0 Å². The molecule has 26 heavy (non-hydrogen) atoms. The van der Waals surface area contributed by atoms with Crippen LogP contribution in [-0.4, -0.2) is 34.7 Å². The molecule has 136 valence electrons. The van der Waals surface area contributed by atoms with Gasteiger partial charge in [0.25, 0.3) is 10.0 Å². The van der Waals surface area contributed by atoms with E-state index in [-0.39, 0.29) is 4.90 Å². The average Bonchev–Trinajstić information content (AvgIpc) is 3.10. The lowest BCUT2D eigenvalue weighted by Crippen LogP contribution is -2.36. The molecule has 2 heterocycles. The molecule has 0 bridgehead atoms. The first-order chi connectivity index (χ1) is 12.5. The van der Waals surface area contributed by atoms with Crippen LogP contribution in [0.4, 0.5) is 15.8 Å². The van der Waals surface area contributed by atoms with Gasteiger partial charge in [0.1, 0.15) is 5.82 Å². The van der Waals surface area contributed by atoms with Gasteiger partial charge in [0.15, 0.2) is 5.58 Å². The molecule has 1 saturated heterocycles. The van der Waals surface area contributed by atoms with Gasteiger partial charge in [-0.15, -0.1) is 0 Å². The SMILES string of the molecule is O=S(=O)(Nc1cc(N2CCOCC2)c2occc2c1)c1ccc(F)cc1. The summed E-state index contributed by atoms with van der Waals surface area (Å²) < 4.78 is 51.8. The predicted molar refractivity (Wildman–Crippen MR) is 96.5 cm³/mol. The van der Waals surface area contributed by atoms with Crippen molar-refractivity contribution in [2.24, 2.45) is 0 Å². The smallest absolute Gasteiger partial charge is 0.261 e. The summed E-state index contributed by atoms with van der Waals surface area (Å²) in [6.07, 6.45) is 1.58. The molecular weight excluding hydrogens is 359 g/mol. The van der Waals surface area contributed by atoms with Crippen molar-refractivity contribution >= 4 is 32.4 Å². The van der Waals surface area contributed by atoms with Crippen molar-refractivity contribution in [2.75, 3.05) is 35.9 Å². The number of benzene rings is 2. The number of rotatable bonds is 4. The molecule has 3 aromatic rings.